The molecule has 1 aliphatic rings. The first-order chi connectivity index (χ1) is 8.60. The molecule has 1 aliphatic carbocycles. The number of methoxy groups -OCH3 is 1. The minimum Gasteiger partial charge on any atom is -0.480 e. The second-order valence-corrected chi connectivity index (χ2v) is 4.24. The van der Waals surface area contributed by atoms with Crippen molar-refractivity contribution in [1.82, 2.24) is 9.80 Å². The van der Waals surface area contributed by atoms with E-state index in [4.69, 9.17) is 14.9 Å². The van der Waals surface area contributed by atoms with Crippen molar-refractivity contribution in [2.75, 3.05) is 40.0 Å². The Balaban J connectivity index is 2.61. The second kappa shape index (κ2) is 7.17. The molecule has 0 unspecified atom stereocenters. The maximum Gasteiger partial charge on any atom is 0.323 e. The highest BCUT2D eigenvalue weighted by Crippen LogP contribution is 2.27. The zero-order chi connectivity index (χ0) is 13.5. The standard InChI is InChI=1S/C11H20N2O5/c1-18-7-5-12(8-10(15)16)11(17)13(4-6-14)9-2-3-9/h9,14H,2-8H2,1H3,(H,15,16). The number of rotatable bonds is 8. The maximum absolute atomic E-state index is 12.2. The molecule has 104 valence electrons. The summed E-state index contributed by atoms with van der Waals surface area (Å²) in [6, 6.07) is -0.200. The Morgan fingerprint density at radius 3 is 2.44 bits per heavy atom. The summed E-state index contributed by atoms with van der Waals surface area (Å²) in [5.41, 5.74) is 0. The molecule has 0 bridgehead atoms. The van der Waals surface area contributed by atoms with Crippen LogP contribution >= 0.6 is 0 Å². The molecule has 0 radical (unpaired) electrons. The molecule has 0 atom stereocenters. The molecule has 7 nitrogen and oxygen atoms in total. The van der Waals surface area contributed by atoms with Gasteiger partial charge in [0.2, 0.25) is 0 Å². The zero-order valence-corrected chi connectivity index (χ0v) is 10.5. The number of aliphatic hydroxyl groups is 1. The molecule has 0 aromatic rings. The molecule has 1 rings (SSSR count). The average Bonchev–Trinajstić information content (AvgIpc) is 3.14. The number of carbonyl (C=O) groups excluding carboxylic acids is 1. The molecule has 0 saturated heterocycles. The number of nitrogens with zero attached hydrogens (tertiary/aromatic N) is 2. The molecule has 18 heavy (non-hydrogen) atoms. The predicted octanol–water partition coefficient (Wildman–Crippen LogP) is -0.404. The molecule has 0 aromatic heterocycles. The molecule has 7 heteroatoms. The molecule has 0 aromatic carbocycles. The Morgan fingerprint density at radius 2 is 2.00 bits per heavy atom. The minimum absolute atomic E-state index is 0.118. The summed E-state index contributed by atoms with van der Waals surface area (Å²) in [6.07, 6.45) is 1.83. The lowest BCUT2D eigenvalue weighted by atomic mass is 10.4. The smallest absolute Gasteiger partial charge is 0.323 e. The van der Waals surface area contributed by atoms with Gasteiger partial charge in [-0.05, 0) is 12.8 Å². The van der Waals surface area contributed by atoms with E-state index >= 15 is 0 Å². The molecule has 0 spiro atoms. The predicted molar refractivity (Wildman–Crippen MR) is 63.3 cm³/mol. The minimum atomic E-state index is -1.06. The number of ether oxygens (including phenoxy) is 1. The molecule has 2 amide bonds. The van der Waals surface area contributed by atoms with Crippen molar-refractivity contribution < 1.29 is 24.5 Å². The first-order valence-corrected chi connectivity index (χ1v) is 5.97. The topological polar surface area (TPSA) is 90.3 Å². The Labute approximate surface area is 106 Å². The van der Waals surface area contributed by atoms with E-state index < -0.39 is 5.97 Å². The van der Waals surface area contributed by atoms with E-state index in [0.29, 0.717) is 0 Å². The molecule has 1 fully saturated rings. The van der Waals surface area contributed by atoms with E-state index in [9.17, 15) is 9.59 Å². The normalized spacial score (nSPS) is 14.3. The maximum atomic E-state index is 12.2. The van der Waals surface area contributed by atoms with Gasteiger partial charge < -0.3 is 24.7 Å². The summed E-state index contributed by atoms with van der Waals surface area (Å²) in [4.78, 5) is 25.7. The number of aliphatic carboxylic acids is 1. The highest BCUT2D eigenvalue weighted by molar-refractivity contribution is 5.80. The first kappa shape index (κ1) is 14.7. The van der Waals surface area contributed by atoms with Crippen LogP contribution in [0.1, 0.15) is 12.8 Å². The number of aliphatic hydroxyl groups excluding tert-OH is 1. The summed E-state index contributed by atoms with van der Waals surface area (Å²) in [5.74, 6) is -1.06. The lowest BCUT2D eigenvalue weighted by Gasteiger charge is -2.29. The van der Waals surface area contributed by atoms with Crippen molar-refractivity contribution in [3.8, 4) is 0 Å². The Morgan fingerprint density at radius 1 is 1.33 bits per heavy atom. The van der Waals surface area contributed by atoms with Gasteiger partial charge in [0.15, 0.2) is 0 Å². The van der Waals surface area contributed by atoms with Crippen LogP contribution in [0.15, 0.2) is 0 Å². The largest absolute Gasteiger partial charge is 0.480 e. The number of amides is 2. The zero-order valence-electron chi connectivity index (χ0n) is 10.5. The molecule has 0 aliphatic heterocycles. The third-order valence-electron chi connectivity index (χ3n) is 2.74. The third-order valence-corrected chi connectivity index (χ3v) is 2.74. The molecular formula is C11H20N2O5. The van der Waals surface area contributed by atoms with Crippen molar-refractivity contribution in [3.05, 3.63) is 0 Å². The molecule has 2 N–H and O–H groups in total. The summed E-state index contributed by atoms with van der Waals surface area (Å²) in [7, 11) is 1.50. The van der Waals surface area contributed by atoms with Gasteiger partial charge in [-0.2, -0.15) is 0 Å². The fourth-order valence-corrected chi connectivity index (χ4v) is 1.72. The molecule has 0 heterocycles. The highest BCUT2D eigenvalue weighted by atomic mass is 16.5. The Kier molecular flexibility index (Phi) is 5.87. The second-order valence-electron chi connectivity index (χ2n) is 4.24. The monoisotopic (exact) mass is 260 g/mol. The van der Waals surface area contributed by atoms with E-state index in [1.54, 1.807) is 4.90 Å². The van der Waals surface area contributed by atoms with Crippen molar-refractivity contribution in [3.63, 3.8) is 0 Å². The lowest BCUT2D eigenvalue weighted by molar-refractivity contribution is -0.137. The van der Waals surface area contributed by atoms with Crippen LogP contribution in [0.2, 0.25) is 0 Å². The van der Waals surface area contributed by atoms with Gasteiger partial charge in [0.05, 0.1) is 13.2 Å². The lowest BCUT2D eigenvalue weighted by Crippen LogP contribution is -2.48. The fraction of sp³-hybridized carbons (Fsp3) is 0.818. The average molecular weight is 260 g/mol. The van der Waals surface area contributed by atoms with Crippen LogP contribution in [-0.2, 0) is 9.53 Å². The Hall–Kier alpha value is -1.34. The summed E-state index contributed by atoms with van der Waals surface area (Å²) in [5, 5.41) is 17.7. The number of urea groups is 1. The van der Waals surface area contributed by atoms with Crippen molar-refractivity contribution in [2.24, 2.45) is 0 Å². The van der Waals surface area contributed by atoms with Gasteiger partial charge in [-0.1, -0.05) is 0 Å². The van der Waals surface area contributed by atoms with Crippen LogP contribution in [0.3, 0.4) is 0 Å². The van der Waals surface area contributed by atoms with Crippen LogP contribution in [0.4, 0.5) is 4.79 Å². The van der Waals surface area contributed by atoms with E-state index in [2.05, 4.69) is 0 Å². The summed E-state index contributed by atoms with van der Waals surface area (Å²) >= 11 is 0. The quantitative estimate of drug-likeness (QED) is 0.619. The number of hydrogen-bond donors (Lipinski definition) is 2. The summed E-state index contributed by atoms with van der Waals surface area (Å²) < 4.78 is 4.87. The van der Waals surface area contributed by atoms with Crippen LogP contribution in [0.5, 0.6) is 0 Å². The number of hydrogen-bond acceptors (Lipinski definition) is 4. The van der Waals surface area contributed by atoms with E-state index in [1.165, 1.54) is 12.0 Å². The van der Waals surface area contributed by atoms with Crippen LogP contribution in [0.25, 0.3) is 0 Å². The molecule has 1 saturated carbocycles. The first-order valence-electron chi connectivity index (χ1n) is 5.97. The number of carboxylic acid groups (broad SMARTS) is 1. The van der Waals surface area contributed by atoms with Gasteiger partial charge in [-0.15, -0.1) is 0 Å². The third kappa shape index (κ3) is 4.50. The highest BCUT2D eigenvalue weighted by Gasteiger charge is 2.34. The van der Waals surface area contributed by atoms with Crippen LogP contribution in [-0.4, -0.2) is 78.0 Å². The van der Waals surface area contributed by atoms with Crippen LogP contribution < -0.4 is 0 Å². The van der Waals surface area contributed by atoms with E-state index in [0.717, 1.165) is 12.8 Å². The van der Waals surface area contributed by atoms with Gasteiger partial charge in [0.25, 0.3) is 0 Å². The van der Waals surface area contributed by atoms with Gasteiger partial charge >= 0.3 is 12.0 Å². The molecular weight excluding hydrogens is 240 g/mol. The van der Waals surface area contributed by atoms with E-state index in [-0.39, 0.29) is 44.9 Å². The van der Waals surface area contributed by atoms with Crippen molar-refractivity contribution in [2.45, 2.75) is 18.9 Å². The van der Waals surface area contributed by atoms with E-state index in [1.807, 2.05) is 0 Å². The number of carboxylic acids is 1. The Bertz CT molecular complexity index is 293. The fourth-order valence-electron chi connectivity index (χ4n) is 1.72. The van der Waals surface area contributed by atoms with Gasteiger partial charge in [-0.25, -0.2) is 4.79 Å². The van der Waals surface area contributed by atoms with Gasteiger partial charge in [0.1, 0.15) is 6.54 Å². The van der Waals surface area contributed by atoms with Gasteiger partial charge in [0, 0.05) is 26.2 Å². The SMILES string of the molecule is COCCN(CC(=O)O)C(=O)N(CCO)C1CC1. The van der Waals surface area contributed by atoms with Crippen molar-refractivity contribution >= 4 is 12.0 Å². The summed E-state index contributed by atoms with van der Waals surface area (Å²) in [6.45, 7) is 0.295. The van der Waals surface area contributed by atoms with Crippen molar-refractivity contribution in [1.29, 1.82) is 0 Å². The van der Waals surface area contributed by atoms with Gasteiger partial charge in [-0.3, -0.25) is 4.79 Å². The number of carbonyl (C=O) groups is 2. The van der Waals surface area contributed by atoms with Crippen LogP contribution in [0, 0.1) is 0 Å².